The van der Waals surface area contributed by atoms with E-state index in [1.807, 2.05) is 20.8 Å². The summed E-state index contributed by atoms with van der Waals surface area (Å²) in [5.41, 5.74) is 3.07. The van der Waals surface area contributed by atoms with Crippen molar-refractivity contribution in [3.8, 4) is 0 Å². The lowest BCUT2D eigenvalue weighted by Gasteiger charge is -2.28. The first-order chi connectivity index (χ1) is 11.2. The van der Waals surface area contributed by atoms with Gasteiger partial charge in [0.15, 0.2) is 0 Å². The minimum Gasteiger partial charge on any atom is -0.374 e. The highest BCUT2D eigenvalue weighted by Crippen LogP contribution is 2.31. The Labute approximate surface area is 146 Å². The fourth-order valence-electron chi connectivity index (χ4n) is 3.18. The summed E-state index contributed by atoms with van der Waals surface area (Å²) in [4.78, 5) is 0. The standard InChI is InChI=1S/C18H30O3SSi/c1-4-19-23(20-5-2,21-6-3)13-9-12-22-18-14-16-10-7-8-11-17(16)15-18/h7-8,10-11,18H,4-6,9,12-15H2,1-3H3. The van der Waals surface area contributed by atoms with E-state index in [0.29, 0.717) is 19.8 Å². The third-order valence-electron chi connectivity index (χ3n) is 4.09. The summed E-state index contributed by atoms with van der Waals surface area (Å²) >= 11 is 2.09. The van der Waals surface area contributed by atoms with Crippen LogP contribution >= 0.6 is 11.8 Å². The maximum absolute atomic E-state index is 5.92. The van der Waals surface area contributed by atoms with E-state index in [4.69, 9.17) is 13.3 Å². The number of fused-ring (bicyclic) bond motifs is 1. The molecule has 1 aromatic rings. The van der Waals surface area contributed by atoms with Crippen LogP contribution in [0, 0.1) is 0 Å². The van der Waals surface area contributed by atoms with Gasteiger partial charge in [-0.2, -0.15) is 11.8 Å². The molecule has 0 radical (unpaired) electrons. The Morgan fingerprint density at radius 2 is 1.48 bits per heavy atom. The summed E-state index contributed by atoms with van der Waals surface area (Å²) < 4.78 is 17.8. The molecule has 0 heterocycles. The molecule has 3 nitrogen and oxygen atoms in total. The monoisotopic (exact) mass is 354 g/mol. The van der Waals surface area contributed by atoms with E-state index in [2.05, 4.69) is 36.0 Å². The molecule has 0 bridgehead atoms. The van der Waals surface area contributed by atoms with Gasteiger partial charge in [-0.3, -0.25) is 0 Å². The highest BCUT2D eigenvalue weighted by molar-refractivity contribution is 7.99. The number of benzene rings is 1. The molecule has 23 heavy (non-hydrogen) atoms. The van der Waals surface area contributed by atoms with Crippen LogP contribution in [0.15, 0.2) is 24.3 Å². The average molecular weight is 355 g/mol. The lowest BCUT2D eigenvalue weighted by molar-refractivity contribution is 0.0712. The predicted octanol–water partition coefficient (Wildman–Crippen LogP) is 4.33. The van der Waals surface area contributed by atoms with Gasteiger partial charge in [-0.1, -0.05) is 24.3 Å². The van der Waals surface area contributed by atoms with Crippen LogP contribution in [0.1, 0.15) is 38.3 Å². The molecule has 0 aliphatic heterocycles. The maximum Gasteiger partial charge on any atom is 0.500 e. The molecule has 0 aromatic heterocycles. The highest BCUT2D eigenvalue weighted by Gasteiger charge is 2.39. The van der Waals surface area contributed by atoms with Crippen LogP contribution in [0.2, 0.25) is 6.04 Å². The molecule has 0 N–H and O–H groups in total. The molecule has 0 atom stereocenters. The molecular formula is C18H30O3SSi. The molecular weight excluding hydrogens is 324 g/mol. The van der Waals surface area contributed by atoms with Crippen molar-refractivity contribution in [1.29, 1.82) is 0 Å². The zero-order valence-electron chi connectivity index (χ0n) is 14.7. The Morgan fingerprint density at radius 1 is 0.957 bits per heavy atom. The number of hydrogen-bond donors (Lipinski definition) is 0. The van der Waals surface area contributed by atoms with Gasteiger partial charge in [-0.15, -0.1) is 0 Å². The SMILES string of the molecule is CCO[Si](CCCSC1Cc2ccccc2C1)(OCC)OCC. The summed E-state index contributed by atoms with van der Waals surface area (Å²) in [6, 6.07) is 9.77. The van der Waals surface area contributed by atoms with Crippen LogP contribution in [0.3, 0.4) is 0 Å². The van der Waals surface area contributed by atoms with E-state index in [9.17, 15) is 0 Å². The molecule has 5 heteroatoms. The van der Waals surface area contributed by atoms with Gasteiger partial charge in [0, 0.05) is 31.1 Å². The van der Waals surface area contributed by atoms with E-state index in [1.54, 1.807) is 0 Å². The summed E-state index contributed by atoms with van der Waals surface area (Å²) in [7, 11) is -2.45. The highest BCUT2D eigenvalue weighted by atomic mass is 32.2. The van der Waals surface area contributed by atoms with E-state index in [-0.39, 0.29) is 0 Å². The summed E-state index contributed by atoms with van der Waals surface area (Å²) in [6.45, 7) is 8.05. The molecule has 0 amide bonds. The van der Waals surface area contributed by atoms with Gasteiger partial charge in [-0.05, 0) is 56.9 Å². The molecule has 0 saturated carbocycles. The van der Waals surface area contributed by atoms with Gasteiger partial charge in [0.05, 0.1) is 0 Å². The smallest absolute Gasteiger partial charge is 0.374 e. The second-order valence-electron chi connectivity index (χ2n) is 5.76. The third-order valence-corrected chi connectivity index (χ3v) is 8.57. The van der Waals surface area contributed by atoms with E-state index < -0.39 is 8.80 Å². The Kier molecular flexibility index (Phi) is 8.13. The van der Waals surface area contributed by atoms with Crippen LogP contribution in [0.5, 0.6) is 0 Å². The molecule has 0 saturated heterocycles. The molecule has 0 unspecified atom stereocenters. The van der Waals surface area contributed by atoms with Gasteiger partial charge >= 0.3 is 8.80 Å². The normalized spacial score (nSPS) is 15.1. The fourth-order valence-corrected chi connectivity index (χ4v) is 7.28. The lowest BCUT2D eigenvalue weighted by atomic mass is 10.1. The first-order valence-electron chi connectivity index (χ1n) is 8.83. The van der Waals surface area contributed by atoms with Crippen LogP contribution in [-0.4, -0.2) is 39.6 Å². The van der Waals surface area contributed by atoms with Gasteiger partial charge < -0.3 is 13.3 Å². The van der Waals surface area contributed by atoms with Crippen LogP contribution in [-0.2, 0) is 26.1 Å². The van der Waals surface area contributed by atoms with Gasteiger partial charge in [0.1, 0.15) is 0 Å². The zero-order valence-corrected chi connectivity index (χ0v) is 16.5. The van der Waals surface area contributed by atoms with Crippen molar-refractivity contribution < 1.29 is 13.3 Å². The van der Waals surface area contributed by atoms with E-state index in [1.165, 1.54) is 24.0 Å². The molecule has 2 rings (SSSR count). The number of rotatable bonds is 11. The second kappa shape index (κ2) is 9.84. The van der Waals surface area contributed by atoms with Crippen molar-refractivity contribution in [1.82, 2.24) is 0 Å². The Balaban J connectivity index is 1.75. The second-order valence-corrected chi connectivity index (χ2v) is 9.90. The van der Waals surface area contributed by atoms with Crippen molar-refractivity contribution in [2.24, 2.45) is 0 Å². The molecule has 0 spiro atoms. The van der Waals surface area contributed by atoms with Crippen LogP contribution < -0.4 is 0 Å². The van der Waals surface area contributed by atoms with Crippen LogP contribution in [0.25, 0.3) is 0 Å². The van der Waals surface area contributed by atoms with E-state index in [0.717, 1.165) is 23.5 Å². The van der Waals surface area contributed by atoms with Crippen molar-refractivity contribution in [2.75, 3.05) is 25.6 Å². The predicted molar refractivity (Wildman–Crippen MR) is 100 cm³/mol. The average Bonchev–Trinajstić information content (AvgIpc) is 2.95. The van der Waals surface area contributed by atoms with Crippen molar-refractivity contribution in [3.05, 3.63) is 35.4 Å². The van der Waals surface area contributed by atoms with Crippen LogP contribution in [0.4, 0.5) is 0 Å². The fraction of sp³-hybridized carbons (Fsp3) is 0.667. The Hall–Kier alpha value is -0.333. The summed E-state index contributed by atoms with van der Waals surface area (Å²) in [5, 5.41) is 0.731. The van der Waals surface area contributed by atoms with Gasteiger partial charge in [-0.25, -0.2) is 0 Å². The van der Waals surface area contributed by atoms with Crippen molar-refractivity contribution in [2.45, 2.75) is 51.3 Å². The van der Waals surface area contributed by atoms with E-state index >= 15 is 0 Å². The van der Waals surface area contributed by atoms with Gasteiger partial charge in [0.25, 0.3) is 0 Å². The first kappa shape index (κ1) is 19.0. The minimum absolute atomic E-state index is 0.664. The molecule has 1 aromatic carbocycles. The molecule has 0 fully saturated rings. The van der Waals surface area contributed by atoms with Gasteiger partial charge in [0.2, 0.25) is 0 Å². The first-order valence-corrected chi connectivity index (χ1v) is 11.8. The summed E-state index contributed by atoms with van der Waals surface area (Å²) in [6.07, 6.45) is 3.53. The zero-order chi connectivity index (χ0) is 16.5. The van der Waals surface area contributed by atoms with Crippen molar-refractivity contribution >= 4 is 20.6 Å². The lowest BCUT2D eigenvalue weighted by Crippen LogP contribution is -2.46. The molecule has 130 valence electrons. The Bertz CT molecular complexity index is 427. The molecule has 1 aliphatic rings. The number of thioether (sulfide) groups is 1. The summed E-state index contributed by atoms with van der Waals surface area (Å²) in [5.74, 6) is 1.15. The largest absolute Gasteiger partial charge is 0.500 e. The number of hydrogen-bond acceptors (Lipinski definition) is 4. The van der Waals surface area contributed by atoms with Crippen molar-refractivity contribution in [3.63, 3.8) is 0 Å². The molecule has 1 aliphatic carbocycles. The third kappa shape index (κ3) is 5.61. The minimum atomic E-state index is -2.45. The maximum atomic E-state index is 5.92. The quantitative estimate of drug-likeness (QED) is 0.437. The topological polar surface area (TPSA) is 27.7 Å². The Morgan fingerprint density at radius 3 is 1.96 bits per heavy atom.